The number of hydrogen-bond donors (Lipinski definition) is 0. The van der Waals surface area contributed by atoms with Crippen LogP contribution < -0.4 is 9.80 Å². The molecule has 1 unspecified atom stereocenters. The third-order valence-electron chi connectivity index (χ3n) is 7.32. The predicted octanol–water partition coefficient (Wildman–Crippen LogP) is 3.98. The van der Waals surface area contributed by atoms with Crippen molar-refractivity contribution < 1.29 is 0 Å². The molecule has 0 amide bonds. The Balaban J connectivity index is 1.41. The standard InChI is InChI=1S/C24H30ClN9/c1-15(19-20(25)30-23-26-14-27-34(23)22(19)32-10-6-7-11-32)12-18-13-33-21(31-8-4-5-9-31)16(2)17(3)28-24(33)29-18/h13-15H,4-12H2,1-3H3. The molecule has 4 aromatic heterocycles. The molecule has 0 bridgehead atoms. The molecule has 2 fully saturated rings. The zero-order valence-electron chi connectivity index (χ0n) is 20.0. The van der Waals surface area contributed by atoms with Gasteiger partial charge in [0, 0.05) is 49.2 Å². The molecule has 4 aromatic rings. The summed E-state index contributed by atoms with van der Waals surface area (Å²) in [7, 11) is 0. The second kappa shape index (κ2) is 8.37. The maximum atomic E-state index is 6.77. The number of hydrogen-bond acceptors (Lipinski definition) is 7. The fourth-order valence-electron chi connectivity index (χ4n) is 5.53. The molecule has 0 spiro atoms. The molecule has 2 aliphatic heterocycles. The average molecular weight is 480 g/mol. The third-order valence-corrected chi connectivity index (χ3v) is 7.61. The van der Waals surface area contributed by atoms with E-state index >= 15 is 0 Å². The molecule has 178 valence electrons. The number of imidazole rings is 1. The maximum Gasteiger partial charge on any atom is 0.255 e. The molecule has 0 N–H and O–H groups in total. The van der Waals surface area contributed by atoms with Crippen molar-refractivity contribution in [2.75, 3.05) is 36.0 Å². The van der Waals surface area contributed by atoms with Crippen LogP contribution in [-0.4, -0.2) is 60.1 Å². The van der Waals surface area contributed by atoms with Crippen molar-refractivity contribution in [1.82, 2.24) is 34.0 Å². The summed E-state index contributed by atoms with van der Waals surface area (Å²) in [5.74, 6) is 3.66. The number of nitrogens with zero attached hydrogens (tertiary/aromatic N) is 9. The lowest BCUT2D eigenvalue weighted by atomic mass is 9.97. The molecule has 0 saturated carbocycles. The minimum absolute atomic E-state index is 0.103. The second-order valence-corrected chi connectivity index (χ2v) is 10.0. The minimum Gasteiger partial charge on any atom is -0.357 e. The van der Waals surface area contributed by atoms with Crippen LogP contribution in [0.3, 0.4) is 0 Å². The van der Waals surface area contributed by atoms with Crippen molar-refractivity contribution in [3.05, 3.63) is 40.2 Å². The van der Waals surface area contributed by atoms with Crippen molar-refractivity contribution in [2.45, 2.75) is 58.8 Å². The lowest BCUT2D eigenvalue weighted by Crippen LogP contribution is -2.24. The highest BCUT2D eigenvalue weighted by Gasteiger charge is 2.28. The molecule has 9 nitrogen and oxygen atoms in total. The monoisotopic (exact) mass is 479 g/mol. The molecule has 10 heteroatoms. The number of rotatable bonds is 5. The van der Waals surface area contributed by atoms with E-state index < -0.39 is 0 Å². The summed E-state index contributed by atoms with van der Waals surface area (Å²) in [4.78, 5) is 23.4. The Kier molecular flexibility index (Phi) is 5.32. The van der Waals surface area contributed by atoms with Crippen LogP contribution in [0.1, 0.15) is 61.0 Å². The fourth-order valence-corrected chi connectivity index (χ4v) is 5.88. The highest BCUT2D eigenvalue weighted by molar-refractivity contribution is 6.30. The number of anilines is 2. The quantitative estimate of drug-likeness (QED) is 0.400. The summed E-state index contributed by atoms with van der Waals surface area (Å²) >= 11 is 6.77. The summed E-state index contributed by atoms with van der Waals surface area (Å²) in [6, 6.07) is 0. The third kappa shape index (κ3) is 3.48. The van der Waals surface area contributed by atoms with Gasteiger partial charge in [-0.3, -0.25) is 4.40 Å². The van der Waals surface area contributed by atoms with Crippen LogP contribution in [0.2, 0.25) is 5.15 Å². The van der Waals surface area contributed by atoms with Gasteiger partial charge in [0.05, 0.1) is 5.69 Å². The normalized spacial score (nSPS) is 17.5. The van der Waals surface area contributed by atoms with Gasteiger partial charge in [0.2, 0.25) is 5.78 Å². The van der Waals surface area contributed by atoms with Gasteiger partial charge in [0.25, 0.3) is 5.78 Å². The largest absolute Gasteiger partial charge is 0.357 e. The van der Waals surface area contributed by atoms with Gasteiger partial charge >= 0.3 is 0 Å². The van der Waals surface area contributed by atoms with Gasteiger partial charge in [-0.05, 0) is 51.9 Å². The van der Waals surface area contributed by atoms with Gasteiger partial charge in [0.15, 0.2) is 0 Å². The SMILES string of the molecule is Cc1nc2nc(CC(C)c3c(Cl)nc4ncnn4c3N3CCCC3)cn2c(N2CCCC2)c1C. The maximum absolute atomic E-state index is 6.77. The van der Waals surface area contributed by atoms with E-state index in [2.05, 4.69) is 56.2 Å². The zero-order valence-corrected chi connectivity index (χ0v) is 20.8. The Bertz CT molecular complexity index is 1360. The molecule has 6 rings (SSSR count). The summed E-state index contributed by atoms with van der Waals surface area (Å²) in [5.41, 5.74) is 4.29. The molecular weight excluding hydrogens is 450 g/mol. The van der Waals surface area contributed by atoms with Gasteiger partial charge in [-0.15, -0.1) is 0 Å². The van der Waals surface area contributed by atoms with E-state index in [1.165, 1.54) is 37.1 Å². The number of fused-ring (bicyclic) bond motifs is 2. The van der Waals surface area contributed by atoms with E-state index in [0.29, 0.717) is 10.9 Å². The van der Waals surface area contributed by atoms with Gasteiger partial charge in [0.1, 0.15) is 23.1 Å². The number of aromatic nitrogens is 7. The Labute approximate surface area is 203 Å². The van der Waals surface area contributed by atoms with Crippen molar-refractivity contribution in [2.24, 2.45) is 0 Å². The lowest BCUT2D eigenvalue weighted by Gasteiger charge is -2.25. The van der Waals surface area contributed by atoms with E-state index in [4.69, 9.17) is 21.6 Å². The zero-order chi connectivity index (χ0) is 23.4. The average Bonchev–Trinajstić information content (AvgIpc) is 3.60. The highest BCUT2D eigenvalue weighted by Crippen LogP contribution is 2.36. The Morgan fingerprint density at radius 1 is 0.912 bits per heavy atom. The van der Waals surface area contributed by atoms with Crippen molar-refractivity contribution >= 4 is 34.8 Å². The van der Waals surface area contributed by atoms with Crippen LogP contribution in [0.4, 0.5) is 11.6 Å². The van der Waals surface area contributed by atoms with Crippen molar-refractivity contribution in [1.29, 1.82) is 0 Å². The Hall–Kier alpha value is -2.94. The van der Waals surface area contributed by atoms with Crippen molar-refractivity contribution in [3.8, 4) is 0 Å². The van der Waals surface area contributed by atoms with E-state index in [0.717, 1.165) is 61.1 Å². The molecule has 2 aliphatic rings. The van der Waals surface area contributed by atoms with E-state index in [1.54, 1.807) is 6.33 Å². The van der Waals surface area contributed by atoms with Crippen LogP contribution in [0.15, 0.2) is 12.5 Å². The minimum atomic E-state index is 0.103. The molecule has 2 saturated heterocycles. The summed E-state index contributed by atoms with van der Waals surface area (Å²) in [6.45, 7) is 10.6. The van der Waals surface area contributed by atoms with Crippen LogP contribution in [0.25, 0.3) is 11.6 Å². The summed E-state index contributed by atoms with van der Waals surface area (Å²) in [6.07, 6.45) is 9.24. The smallest absolute Gasteiger partial charge is 0.255 e. The lowest BCUT2D eigenvalue weighted by molar-refractivity contribution is 0.716. The Morgan fingerprint density at radius 3 is 2.29 bits per heavy atom. The fraction of sp³-hybridized carbons (Fsp3) is 0.542. The predicted molar refractivity (Wildman–Crippen MR) is 133 cm³/mol. The van der Waals surface area contributed by atoms with Gasteiger partial charge < -0.3 is 9.80 Å². The Morgan fingerprint density at radius 2 is 1.59 bits per heavy atom. The molecular formula is C24H30ClN9. The molecule has 0 radical (unpaired) electrons. The van der Waals surface area contributed by atoms with Gasteiger partial charge in [-0.1, -0.05) is 18.5 Å². The van der Waals surface area contributed by atoms with E-state index in [9.17, 15) is 0 Å². The molecule has 1 atom stereocenters. The van der Waals surface area contributed by atoms with Gasteiger partial charge in [-0.2, -0.15) is 19.6 Å². The van der Waals surface area contributed by atoms with Gasteiger partial charge in [-0.25, -0.2) is 9.97 Å². The number of aryl methyl sites for hydroxylation is 1. The summed E-state index contributed by atoms with van der Waals surface area (Å²) in [5, 5.41) is 4.97. The van der Waals surface area contributed by atoms with E-state index in [1.807, 2.05) is 4.52 Å². The first kappa shape index (κ1) is 21.6. The first-order chi connectivity index (χ1) is 16.5. The van der Waals surface area contributed by atoms with Crippen LogP contribution in [-0.2, 0) is 6.42 Å². The number of halogens is 1. The molecule has 34 heavy (non-hydrogen) atoms. The second-order valence-electron chi connectivity index (χ2n) is 9.65. The first-order valence-electron chi connectivity index (χ1n) is 12.3. The van der Waals surface area contributed by atoms with Crippen LogP contribution in [0.5, 0.6) is 0 Å². The molecule has 0 aromatic carbocycles. The summed E-state index contributed by atoms with van der Waals surface area (Å²) < 4.78 is 4.02. The topological polar surface area (TPSA) is 79.7 Å². The van der Waals surface area contributed by atoms with Crippen LogP contribution >= 0.6 is 11.6 Å². The van der Waals surface area contributed by atoms with Crippen molar-refractivity contribution in [3.63, 3.8) is 0 Å². The van der Waals surface area contributed by atoms with Crippen LogP contribution in [0, 0.1) is 13.8 Å². The highest BCUT2D eigenvalue weighted by atomic mass is 35.5. The van der Waals surface area contributed by atoms with E-state index in [-0.39, 0.29) is 5.92 Å². The molecule has 0 aliphatic carbocycles. The first-order valence-corrected chi connectivity index (χ1v) is 12.6. The molecule has 6 heterocycles.